The fourth-order valence-electron chi connectivity index (χ4n) is 1.94. The minimum absolute atomic E-state index is 0.279. The minimum Gasteiger partial charge on any atom is -0.456 e. The van der Waals surface area contributed by atoms with Gasteiger partial charge in [0.25, 0.3) is 0 Å². The van der Waals surface area contributed by atoms with Crippen molar-refractivity contribution in [3.05, 3.63) is 57.9 Å². The molecule has 1 N–H and O–H groups in total. The number of hydrogen-bond acceptors (Lipinski definition) is 2. The Morgan fingerprint density at radius 3 is 2.37 bits per heavy atom. The zero-order chi connectivity index (χ0) is 14.0. The summed E-state index contributed by atoms with van der Waals surface area (Å²) in [7, 11) is 0. The van der Waals surface area contributed by atoms with E-state index in [9.17, 15) is 9.50 Å². The van der Waals surface area contributed by atoms with E-state index in [1.165, 1.54) is 18.2 Å². The molecule has 0 unspecified atom stereocenters. The van der Waals surface area contributed by atoms with Crippen LogP contribution in [0.5, 0.6) is 11.5 Å². The van der Waals surface area contributed by atoms with Crippen LogP contribution < -0.4 is 4.74 Å². The van der Waals surface area contributed by atoms with E-state index in [0.29, 0.717) is 22.1 Å². The van der Waals surface area contributed by atoms with Crippen LogP contribution in [0, 0.1) is 19.7 Å². The maximum absolute atomic E-state index is 13.1. The molecule has 19 heavy (non-hydrogen) atoms. The molecule has 2 nitrogen and oxygen atoms in total. The summed E-state index contributed by atoms with van der Waals surface area (Å²) in [5.74, 6) is 0.712. The lowest BCUT2D eigenvalue weighted by molar-refractivity contribution is 0.275. The lowest BCUT2D eigenvalue weighted by Gasteiger charge is -2.14. The number of aliphatic hydroxyl groups excluding tert-OH is 1. The van der Waals surface area contributed by atoms with E-state index in [0.717, 1.165) is 11.1 Å². The molecule has 0 aliphatic rings. The highest BCUT2D eigenvalue weighted by Gasteiger charge is 2.10. The molecule has 0 saturated carbocycles. The largest absolute Gasteiger partial charge is 0.456 e. The third kappa shape index (κ3) is 3.06. The number of rotatable bonds is 3. The molecule has 0 aromatic heterocycles. The van der Waals surface area contributed by atoms with Crippen molar-refractivity contribution in [2.45, 2.75) is 20.5 Å². The van der Waals surface area contributed by atoms with Gasteiger partial charge in [0.1, 0.15) is 17.3 Å². The van der Waals surface area contributed by atoms with Crippen molar-refractivity contribution in [2.75, 3.05) is 0 Å². The molecule has 0 radical (unpaired) electrons. The van der Waals surface area contributed by atoms with Crippen LogP contribution in [0.4, 0.5) is 4.39 Å². The van der Waals surface area contributed by atoms with E-state index >= 15 is 0 Å². The van der Waals surface area contributed by atoms with Crippen LogP contribution in [0.3, 0.4) is 0 Å². The smallest absolute Gasteiger partial charge is 0.133 e. The maximum Gasteiger partial charge on any atom is 0.133 e. The predicted octanol–water partition coefficient (Wildman–Crippen LogP) is 4.38. The third-order valence-electron chi connectivity index (χ3n) is 2.83. The van der Waals surface area contributed by atoms with E-state index in [1.807, 2.05) is 13.8 Å². The van der Waals surface area contributed by atoms with Crippen molar-refractivity contribution in [1.29, 1.82) is 0 Å². The fourth-order valence-corrected chi connectivity index (χ4v) is 2.27. The molecule has 0 atom stereocenters. The first-order valence-electron chi connectivity index (χ1n) is 5.85. The Balaban J connectivity index is 2.42. The summed E-state index contributed by atoms with van der Waals surface area (Å²) in [4.78, 5) is 0. The van der Waals surface area contributed by atoms with Crippen LogP contribution >= 0.6 is 11.6 Å². The van der Waals surface area contributed by atoms with Crippen molar-refractivity contribution in [2.24, 2.45) is 0 Å². The van der Waals surface area contributed by atoms with E-state index in [2.05, 4.69) is 0 Å². The first-order chi connectivity index (χ1) is 9.01. The molecule has 0 heterocycles. The second kappa shape index (κ2) is 5.59. The number of aliphatic hydroxyl groups is 1. The van der Waals surface area contributed by atoms with Crippen LogP contribution in [0.15, 0.2) is 30.3 Å². The molecule has 0 saturated heterocycles. The quantitative estimate of drug-likeness (QED) is 0.904. The molecule has 2 aromatic rings. The van der Waals surface area contributed by atoms with Gasteiger partial charge in [0.05, 0.1) is 6.61 Å². The summed E-state index contributed by atoms with van der Waals surface area (Å²) in [5.41, 5.74) is 2.19. The minimum atomic E-state index is -0.402. The third-order valence-corrected chi connectivity index (χ3v) is 3.05. The van der Waals surface area contributed by atoms with Crippen molar-refractivity contribution >= 4 is 11.6 Å². The lowest BCUT2D eigenvalue weighted by atomic mass is 10.1. The summed E-state index contributed by atoms with van der Waals surface area (Å²) < 4.78 is 18.9. The van der Waals surface area contributed by atoms with Crippen molar-refractivity contribution in [1.82, 2.24) is 0 Å². The second-order valence-corrected chi connectivity index (χ2v) is 4.82. The highest BCUT2D eigenvalue weighted by atomic mass is 35.5. The van der Waals surface area contributed by atoms with Gasteiger partial charge in [-0.3, -0.25) is 0 Å². The fraction of sp³-hybridized carbons (Fsp3) is 0.200. The molecule has 2 aromatic carbocycles. The summed E-state index contributed by atoms with van der Waals surface area (Å²) in [6.07, 6.45) is 0. The standard InChI is InChI=1S/C15H14ClFO2/c1-9-5-12(16)6-10(2)15(9)19-14-4-3-13(17)7-11(14)8-18/h3-7,18H,8H2,1-2H3. The number of hydrogen-bond donors (Lipinski definition) is 1. The van der Waals surface area contributed by atoms with Gasteiger partial charge in [0.2, 0.25) is 0 Å². The SMILES string of the molecule is Cc1cc(Cl)cc(C)c1Oc1ccc(F)cc1CO. The van der Waals surface area contributed by atoms with Crippen molar-refractivity contribution < 1.29 is 14.2 Å². The molecule has 0 aliphatic heterocycles. The Hall–Kier alpha value is -1.58. The summed E-state index contributed by atoms with van der Waals surface area (Å²) in [6, 6.07) is 7.66. The van der Waals surface area contributed by atoms with Crippen LogP contribution in [-0.2, 0) is 6.61 Å². The molecule has 2 rings (SSSR count). The van der Waals surface area contributed by atoms with Crippen molar-refractivity contribution in [3.8, 4) is 11.5 Å². The Kier molecular flexibility index (Phi) is 4.08. The van der Waals surface area contributed by atoms with Crippen LogP contribution in [0.1, 0.15) is 16.7 Å². The van der Waals surface area contributed by atoms with E-state index in [4.69, 9.17) is 16.3 Å². The summed E-state index contributed by atoms with van der Waals surface area (Å²) in [5, 5.41) is 9.88. The zero-order valence-electron chi connectivity index (χ0n) is 10.7. The van der Waals surface area contributed by atoms with E-state index in [-0.39, 0.29) is 6.61 Å². The average Bonchev–Trinajstić information content (AvgIpc) is 2.35. The summed E-state index contributed by atoms with van der Waals surface area (Å²) in [6.45, 7) is 3.49. The molecule has 100 valence electrons. The Labute approximate surface area is 116 Å². The molecule has 0 aliphatic carbocycles. The van der Waals surface area contributed by atoms with Gasteiger partial charge in [-0.1, -0.05) is 11.6 Å². The van der Waals surface area contributed by atoms with Gasteiger partial charge in [-0.05, 0) is 55.3 Å². The molecule has 4 heteroatoms. The molecule has 0 amide bonds. The summed E-state index contributed by atoms with van der Waals surface area (Å²) >= 11 is 5.96. The Morgan fingerprint density at radius 1 is 1.16 bits per heavy atom. The van der Waals surface area contributed by atoms with Gasteiger partial charge < -0.3 is 9.84 Å². The normalized spacial score (nSPS) is 10.6. The van der Waals surface area contributed by atoms with Crippen LogP contribution in [0.2, 0.25) is 5.02 Å². The Morgan fingerprint density at radius 2 is 1.79 bits per heavy atom. The van der Waals surface area contributed by atoms with Gasteiger partial charge >= 0.3 is 0 Å². The molecule has 0 spiro atoms. The van der Waals surface area contributed by atoms with Crippen LogP contribution in [0.25, 0.3) is 0 Å². The lowest BCUT2D eigenvalue weighted by Crippen LogP contribution is -1.96. The number of ether oxygens (including phenoxy) is 1. The Bertz CT molecular complexity index is 588. The monoisotopic (exact) mass is 280 g/mol. The first-order valence-corrected chi connectivity index (χ1v) is 6.23. The van der Waals surface area contributed by atoms with Crippen LogP contribution in [-0.4, -0.2) is 5.11 Å². The maximum atomic E-state index is 13.1. The van der Waals surface area contributed by atoms with Gasteiger partial charge in [-0.2, -0.15) is 0 Å². The number of benzene rings is 2. The first kappa shape index (κ1) is 13.8. The zero-order valence-corrected chi connectivity index (χ0v) is 11.5. The molecule has 0 fully saturated rings. The topological polar surface area (TPSA) is 29.5 Å². The van der Waals surface area contributed by atoms with E-state index in [1.54, 1.807) is 12.1 Å². The predicted molar refractivity (Wildman–Crippen MR) is 73.3 cm³/mol. The second-order valence-electron chi connectivity index (χ2n) is 4.38. The number of halogens is 2. The highest BCUT2D eigenvalue weighted by Crippen LogP contribution is 2.33. The van der Waals surface area contributed by atoms with Gasteiger partial charge in [0, 0.05) is 10.6 Å². The van der Waals surface area contributed by atoms with E-state index < -0.39 is 5.82 Å². The highest BCUT2D eigenvalue weighted by molar-refractivity contribution is 6.30. The van der Waals surface area contributed by atoms with Gasteiger partial charge in [-0.15, -0.1) is 0 Å². The molecular formula is C15H14ClFO2. The average molecular weight is 281 g/mol. The number of aryl methyl sites for hydroxylation is 2. The molecule has 0 bridgehead atoms. The van der Waals surface area contributed by atoms with Crippen molar-refractivity contribution in [3.63, 3.8) is 0 Å². The van der Waals surface area contributed by atoms with Gasteiger partial charge in [-0.25, -0.2) is 4.39 Å². The van der Waals surface area contributed by atoms with Gasteiger partial charge in [0.15, 0.2) is 0 Å². The molecular weight excluding hydrogens is 267 g/mol.